The van der Waals surface area contributed by atoms with Gasteiger partial charge in [-0.15, -0.1) is 0 Å². The van der Waals surface area contributed by atoms with Crippen LogP contribution in [0.1, 0.15) is 55.6 Å². The first-order chi connectivity index (χ1) is 14.3. The van der Waals surface area contributed by atoms with E-state index in [1.165, 1.54) is 6.08 Å². The average molecular weight is 415 g/mol. The van der Waals surface area contributed by atoms with Gasteiger partial charge in [-0.05, 0) is 38.8 Å². The highest BCUT2D eigenvalue weighted by Gasteiger charge is 2.38. The van der Waals surface area contributed by atoms with Crippen LogP contribution in [-0.4, -0.2) is 45.6 Å². The lowest BCUT2D eigenvalue weighted by atomic mass is 9.92. The number of allylic oxidation sites excluding steroid dienone is 2. The first-order valence-electron chi connectivity index (χ1n) is 10.2. The molecule has 0 radical (unpaired) electrons. The van der Waals surface area contributed by atoms with E-state index in [-0.39, 0.29) is 18.0 Å². The monoisotopic (exact) mass is 415 g/mol. The highest BCUT2D eigenvalue weighted by atomic mass is 19.4. The summed E-state index contributed by atoms with van der Waals surface area (Å²) in [7, 11) is 0. The molecule has 1 aliphatic heterocycles. The summed E-state index contributed by atoms with van der Waals surface area (Å²) in [6, 6.07) is 3.72. The van der Waals surface area contributed by atoms with Crippen molar-refractivity contribution >= 4 is 5.57 Å². The predicted octanol–water partition coefficient (Wildman–Crippen LogP) is 5.08. The lowest BCUT2D eigenvalue weighted by Gasteiger charge is -2.29. The third-order valence-corrected chi connectivity index (χ3v) is 5.89. The third kappa shape index (κ3) is 3.86. The van der Waals surface area contributed by atoms with Crippen LogP contribution in [0.4, 0.5) is 13.2 Å². The molecular formula is C22H24F3N5. The maximum absolute atomic E-state index is 13.3. The van der Waals surface area contributed by atoms with Gasteiger partial charge in [-0.1, -0.05) is 6.08 Å². The Balaban J connectivity index is 1.65. The minimum atomic E-state index is -4.38. The number of fused-ring (bicyclic) bond motifs is 1. The van der Waals surface area contributed by atoms with E-state index in [1.807, 2.05) is 10.7 Å². The molecule has 0 atom stereocenters. The molecule has 1 aliphatic carbocycles. The summed E-state index contributed by atoms with van der Waals surface area (Å²) in [5, 5.41) is 4.74. The van der Waals surface area contributed by atoms with Crippen molar-refractivity contribution in [2.24, 2.45) is 0 Å². The molecule has 2 aliphatic rings. The molecule has 8 heteroatoms. The Morgan fingerprint density at radius 2 is 1.97 bits per heavy atom. The zero-order valence-corrected chi connectivity index (χ0v) is 17.1. The first-order valence-corrected chi connectivity index (χ1v) is 10.2. The molecule has 30 heavy (non-hydrogen) atoms. The van der Waals surface area contributed by atoms with Crippen molar-refractivity contribution in [2.75, 3.05) is 19.8 Å². The minimum absolute atomic E-state index is 0.142. The van der Waals surface area contributed by atoms with Crippen molar-refractivity contribution in [3.8, 4) is 11.3 Å². The highest BCUT2D eigenvalue weighted by Crippen LogP contribution is 2.41. The van der Waals surface area contributed by atoms with Crippen LogP contribution < -0.4 is 0 Å². The van der Waals surface area contributed by atoms with E-state index >= 15 is 0 Å². The van der Waals surface area contributed by atoms with Crippen LogP contribution in [0.15, 0.2) is 24.4 Å². The molecule has 0 bridgehead atoms. The van der Waals surface area contributed by atoms with E-state index in [9.17, 15) is 13.2 Å². The lowest BCUT2D eigenvalue weighted by Crippen LogP contribution is -2.33. The van der Waals surface area contributed by atoms with Gasteiger partial charge in [-0.2, -0.15) is 18.3 Å². The SMILES string of the molecule is [C-]#[N+]CN1CCC(c2cc(-c3cnc4c(c3)C(C(F)(F)F)=CC4)nn2C(C)C)CC1. The maximum atomic E-state index is 13.3. The van der Waals surface area contributed by atoms with Crippen molar-refractivity contribution in [2.45, 2.75) is 51.2 Å². The normalized spacial score (nSPS) is 17.8. The van der Waals surface area contributed by atoms with E-state index in [0.29, 0.717) is 29.5 Å². The van der Waals surface area contributed by atoms with Crippen LogP contribution in [0.3, 0.4) is 0 Å². The van der Waals surface area contributed by atoms with Gasteiger partial charge in [0.25, 0.3) is 6.67 Å². The first kappa shape index (κ1) is 20.6. The number of aromatic nitrogens is 3. The molecule has 5 nitrogen and oxygen atoms in total. The second-order valence-corrected chi connectivity index (χ2v) is 8.22. The van der Waals surface area contributed by atoms with Gasteiger partial charge in [-0.25, -0.2) is 11.5 Å². The van der Waals surface area contributed by atoms with Gasteiger partial charge in [-0.3, -0.25) is 14.5 Å². The van der Waals surface area contributed by atoms with E-state index in [1.54, 1.807) is 12.3 Å². The largest absolute Gasteiger partial charge is 0.416 e. The fourth-order valence-electron chi connectivity index (χ4n) is 4.34. The summed E-state index contributed by atoms with van der Waals surface area (Å²) in [4.78, 5) is 9.90. The zero-order chi connectivity index (χ0) is 21.5. The van der Waals surface area contributed by atoms with Gasteiger partial charge in [0.15, 0.2) is 0 Å². The number of rotatable bonds is 4. The van der Waals surface area contributed by atoms with E-state index in [4.69, 9.17) is 11.7 Å². The number of hydrogen-bond acceptors (Lipinski definition) is 3. The number of piperidine rings is 1. The fourth-order valence-corrected chi connectivity index (χ4v) is 4.34. The Morgan fingerprint density at radius 1 is 1.23 bits per heavy atom. The Bertz CT molecular complexity index is 1000. The average Bonchev–Trinajstić information content (AvgIpc) is 3.33. The number of hydrogen-bond donors (Lipinski definition) is 0. The van der Waals surface area contributed by atoms with Crippen molar-refractivity contribution in [3.05, 3.63) is 52.8 Å². The maximum Gasteiger partial charge on any atom is 0.416 e. The summed E-state index contributed by atoms with van der Waals surface area (Å²) in [6.07, 6.45) is 0.540. The van der Waals surface area contributed by atoms with Crippen LogP contribution in [0.25, 0.3) is 21.7 Å². The third-order valence-electron chi connectivity index (χ3n) is 5.89. The van der Waals surface area contributed by atoms with Gasteiger partial charge < -0.3 is 0 Å². The molecule has 2 aromatic rings. The number of nitrogens with zero attached hydrogens (tertiary/aromatic N) is 5. The molecule has 1 saturated heterocycles. The van der Waals surface area contributed by atoms with Gasteiger partial charge in [0.1, 0.15) is 0 Å². The quantitative estimate of drug-likeness (QED) is 0.654. The van der Waals surface area contributed by atoms with E-state index < -0.39 is 11.7 Å². The Morgan fingerprint density at radius 3 is 2.60 bits per heavy atom. The molecule has 0 aromatic carbocycles. The predicted molar refractivity (Wildman–Crippen MR) is 109 cm³/mol. The van der Waals surface area contributed by atoms with Crippen molar-refractivity contribution in [1.29, 1.82) is 0 Å². The number of alkyl halides is 3. The second-order valence-electron chi connectivity index (χ2n) is 8.22. The minimum Gasteiger partial charge on any atom is -0.299 e. The van der Waals surface area contributed by atoms with Crippen molar-refractivity contribution in [3.63, 3.8) is 0 Å². The topological polar surface area (TPSA) is 38.3 Å². The summed E-state index contributed by atoms with van der Waals surface area (Å²) < 4.78 is 42.0. The zero-order valence-electron chi connectivity index (χ0n) is 17.1. The molecule has 2 aromatic heterocycles. The van der Waals surface area contributed by atoms with E-state index in [0.717, 1.165) is 31.6 Å². The van der Waals surface area contributed by atoms with Crippen LogP contribution in [-0.2, 0) is 6.42 Å². The lowest BCUT2D eigenvalue weighted by molar-refractivity contribution is -0.0687. The summed E-state index contributed by atoms with van der Waals surface area (Å²) in [6.45, 7) is 13.3. The fraction of sp³-hybridized carbons (Fsp3) is 0.500. The van der Waals surface area contributed by atoms with Crippen molar-refractivity contribution in [1.82, 2.24) is 19.7 Å². The van der Waals surface area contributed by atoms with Crippen LogP contribution in [0, 0.1) is 6.57 Å². The number of pyridine rings is 1. The van der Waals surface area contributed by atoms with Gasteiger partial charge in [0, 0.05) is 54.5 Å². The molecule has 0 saturated carbocycles. The number of halogens is 3. The molecule has 0 unspecified atom stereocenters. The second kappa shape index (κ2) is 7.88. The molecule has 0 amide bonds. The van der Waals surface area contributed by atoms with E-state index in [2.05, 4.69) is 28.6 Å². The molecule has 0 N–H and O–H groups in total. The standard InChI is InChI=1S/C22H24F3N5/c1-14(2)30-21(15-6-8-29(9-7-15)13-26-3)11-20(28-30)16-10-17-18(22(23,24)25)4-5-19(17)27-12-16/h4,10-12,14-15H,5-9,13H2,1-2H3. The number of likely N-dealkylation sites (tertiary alicyclic amines) is 1. The summed E-state index contributed by atoms with van der Waals surface area (Å²) in [5.41, 5.74) is 2.38. The molecule has 4 rings (SSSR count). The van der Waals surface area contributed by atoms with Crippen LogP contribution in [0.2, 0.25) is 0 Å². The molecule has 158 valence electrons. The molecule has 3 heterocycles. The molecule has 1 fully saturated rings. The Labute approximate surface area is 174 Å². The van der Waals surface area contributed by atoms with Gasteiger partial charge in [0.05, 0.1) is 17.0 Å². The van der Waals surface area contributed by atoms with Gasteiger partial charge >= 0.3 is 6.18 Å². The van der Waals surface area contributed by atoms with Gasteiger partial charge in [0.2, 0.25) is 0 Å². The summed E-state index contributed by atoms with van der Waals surface area (Å²) >= 11 is 0. The Kier molecular flexibility index (Phi) is 5.41. The van der Waals surface area contributed by atoms with Crippen LogP contribution in [0.5, 0.6) is 0 Å². The summed E-state index contributed by atoms with van der Waals surface area (Å²) in [5.74, 6) is 0.323. The Hall–Kier alpha value is -2.66. The highest BCUT2D eigenvalue weighted by molar-refractivity contribution is 5.78. The molecular weight excluding hydrogens is 391 g/mol. The smallest absolute Gasteiger partial charge is 0.299 e. The molecule has 0 spiro atoms. The van der Waals surface area contributed by atoms with Crippen LogP contribution >= 0.6 is 0 Å². The van der Waals surface area contributed by atoms with Crippen molar-refractivity contribution < 1.29 is 13.2 Å².